The summed E-state index contributed by atoms with van der Waals surface area (Å²) in [6.07, 6.45) is -3.39. The van der Waals surface area contributed by atoms with Crippen molar-refractivity contribution in [1.29, 1.82) is 0 Å². The Morgan fingerprint density at radius 2 is 2.38 bits per heavy atom. The molecule has 1 heterocycles. The Balaban J connectivity index is 2.65. The minimum atomic E-state index is -4.57. The molecule has 0 radical (unpaired) electrons. The van der Waals surface area contributed by atoms with Crippen molar-refractivity contribution in [2.45, 2.75) is 11.3 Å². The maximum Gasteiger partial charge on any atom is 0.399 e. The van der Waals surface area contributed by atoms with Gasteiger partial charge in [-0.15, -0.1) is 0 Å². The lowest BCUT2D eigenvalue weighted by Crippen LogP contribution is -2.37. The molecule has 0 aliphatic rings. The zero-order valence-electron chi connectivity index (χ0n) is 7.77. The van der Waals surface area contributed by atoms with Crippen molar-refractivity contribution in [1.82, 2.24) is 15.2 Å². The third kappa shape index (κ3) is 3.29. The van der Waals surface area contributed by atoms with E-state index in [9.17, 15) is 13.2 Å². The first-order valence-corrected chi connectivity index (χ1v) is 4.96. The Morgan fingerprint density at radius 1 is 1.69 bits per heavy atom. The maximum atomic E-state index is 12.5. The Bertz CT molecular complexity index is 352. The number of aromatic amines is 1. The third-order valence-electron chi connectivity index (χ3n) is 1.65. The molecule has 0 saturated heterocycles. The van der Waals surface area contributed by atoms with Crippen molar-refractivity contribution in [3.05, 3.63) is 6.33 Å². The van der Waals surface area contributed by atoms with Gasteiger partial charge >= 0.3 is 6.18 Å². The van der Waals surface area contributed by atoms with E-state index in [1.54, 1.807) is 0 Å². The lowest BCUT2D eigenvalue weighted by Gasteiger charge is -2.17. The molecule has 1 aromatic rings. The highest BCUT2D eigenvalue weighted by Gasteiger charge is 2.42. The van der Waals surface area contributed by atoms with Gasteiger partial charge in [0.1, 0.15) is 12.2 Å². The van der Waals surface area contributed by atoms with Crippen LogP contribution in [0.15, 0.2) is 16.6 Å². The van der Waals surface area contributed by atoms with Crippen LogP contribution in [0.25, 0.3) is 0 Å². The molecule has 0 amide bonds. The van der Waals surface area contributed by atoms with Crippen LogP contribution in [0.2, 0.25) is 0 Å². The van der Waals surface area contributed by atoms with Crippen molar-refractivity contribution >= 4 is 17.6 Å². The second kappa shape index (κ2) is 5.05. The molecule has 90 valence electrons. The summed E-state index contributed by atoms with van der Waals surface area (Å²) in [5.74, 6) is -3.33. The van der Waals surface area contributed by atoms with Gasteiger partial charge in [-0.2, -0.15) is 18.3 Å². The van der Waals surface area contributed by atoms with E-state index in [1.165, 1.54) is 6.33 Å². The van der Waals surface area contributed by atoms with Gasteiger partial charge in [-0.25, -0.2) is 4.98 Å². The fraction of sp³-hybridized carbons (Fsp3) is 0.500. The summed E-state index contributed by atoms with van der Waals surface area (Å²) in [7, 11) is 0. The summed E-state index contributed by atoms with van der Waals surface area (Å²) in [6.45, 7) is 0. The van der Waals surface area contributed by atoms with Gasteiger partial charge in [0.2, 0.25) is 0 Å². The monoisotopic (exact) mass is 255 g/mol. The summed E-state index contributed by atoms with van der Waals surface area (Å²) in [4.78, 5) is 3.64. The Morgan fingerprint density at radius 3 is 2.81 bits per heavy atom. The van der Waals surface area contributed by atoms with Crippen LogP contribution < -0.4 is 5.73 Å². The van der Waals surface area contributed by atoms with Gasteiger partial charge in [0.15, 0.2) is 11.0 Å². The predicted molar refractivity (Wildman–Crippen MR) is 50.1 cm³/mol. The molecule has 0 bridgehead atoms. The lowest BCUT2D eigenvalue weighted by atomic mass is 10.1. The van der Waals surface area contributed by atoms with Crippen molar-refractivity contribution in [2.75, 3.05) is 5.75 Å². The number of hydrogen-bond acceptors (Lipinski definition) is 5. The molecule has 4 N–H and O–H groups in total. The number of aromatic nitrogens is 3. The molecule has 1 aromatic heterocycles. The summed E-state index contributed by atoms with van der Waals surface area (Å²) in [6, 6.07) is 0. The number of H-pyrrole nitrogens is 1. The van der Waals surface area contributed by atoms with Gasteiger partial charge in [0, 0.05) is 5.75 Å². The molecule has 1 rings (SSSR count). The van der Waals surface area contributed by atoms with E-state index in [-0.39, 0.29) is 5.16 Å². The van der Waals surface area contributed by atoms with Crippen LogP contribution in [-0.4, -0.2) is 38.2 Å². The lowest BCUT2D eigenvalue weighted by molar-refractivity contribution is -0.150. The van der Waals surface area contributed by atoms with E-state index in [0.717, 1.165) is 11.8 Å². The largest absolute Gasteiger partial charge is 0.409 e. The fourth-order valence-corrected chi connectivity index (χ4v) is 1.77. The number of oxime groups is 1. The highest BCUT2D eigenvalue weighted by atomic mass is 32.2. The fourth-order valence-electron chi connectivity index (χ4n) is 0.843. The number of thioether (sulfide) groups is 1. The molecule has 0 saturated carbocycles. The molecule has 0 aliphatic heterocycles. The van der Waals surface area contributed by atoms with Gasteiger partial charge in [-0.3, -0.25) is 5.10 Å². The van der Waals surface area contributed by atoms with E-state index in [0.29, 0.717) is 0 Å². The molecule has 10 heteroatoms. The number of alkyl halides is 3. The summed E-state index contributed by atoms with van der Waals surface area (Å²) < 4.78 is 37.4. The summed E-state index contributed by atoms with van der Waals surface area (Å²) >= 11 is 0.785. The average Bonchev–Trinajstić information content (AvgIpc) is 2.68. The number of rotatable bonds is 4. The molecule has 0 aliphatic carbocycles. The zero-order valence-corrected chi connectivity index (χ0v) is 8.59. The normalized spacial score (nSPS) is 15.1. The van der Waals surface area contributed by atoms with E-state index in [4.69, 9.17) is 10.9 Å². The number of nitrogens with two attached hydrogens (primary N) is 1. The van der Waals surface area contributed by atoms with Crippen LogP contribution in [0.4, 0.5) is 13.2 Å². The average molecular weight is 255 g/mol. The van der Waals surface area contributed by atoms with E-state index < -0.39 is 23.7 Å². The first-order chi connectivity index (χ1) is 7.45. The highest BCUT2D eigenvalue weighted by Crippen LogP contribution is 2.30. The van der Waals surface area contributed by atoms with Crippen molar-refractivity contribution in [2.24, 2.45) is 16.8 Å². The highest BCUT2D eigenvalue weighted by molar-refractivity contribution is 7.99. The van der Waals surface area contributed by atoms with E-state index >= 15 is 0 Å². The minimum Gasteiger partial charge on any atom is -0.409 e. The van der Waals surface area contributed by atoms with Crippen LogP contribution in [0.1, 0.15) is 0 Å². The summed E-state index contributed by atoms with van der Waals surface area (Å²) in [5, 5.41) is 16.7. The Kier molecular flexibility index (Phi) is 3.99. The SMILES string of the molecule is NC(=NO)C(CSc1ncn[nH]1)C(F)(F)F. The van der Waals surface area contributed by atoms with Crippen molar-refractivity contribution < 1.29 is 18.4 Å². The first-order valence-electron chi connectivity index (χ1n) is 3.97. The van der Waals surface area contributed by atoms with Crippen LogP contribution in [0.5, 0.6) is 0 Å². The molecule has 6 nitrogen and oxygen atoms in total. The second-order valence-corrected chi connectivity index (χ2v) is 3.73. The van der Waals surface area contributed by atoms with Gasteiger partial charge in [0.25, 0.3) is 0 Å². The number of hydrogen-bond donors (Lipinski definition) is 3. The zero-order chi connectivity index (χ0) is 12.2. The van der Waals surface area contributed by atoms with Crippen molar-refractivity contribution in [3.63, 3.8) is 0 Å². The molecular weight excluding hydrogens is 247 g/mol. The van der Waals surface area contributed by atoms with Crippen molar-refractivity contribution in [3.8, 4) is 0 Å². The first kappa shape index (κ1) is 12.6. The van der Waals surface area contributed by atoms with Crippen LogP contribution >= 0.6 is 11.8 Å². The van der Waals surface area contributed by atoms with E-state index in [1.807, 2.05) is 0 Å². The Labute approximate surface area is 92.1 Å². The maximum absolute atomic E-state index is 12.5. The van der Waals surface area contributed by atoms with Crippen LogP contribution in [-0.2, 0) is 0 Å². The smallest absolute Gasteiger partial charge is 0.399 e. The molecule has 1 unspecified atom stereocenters. The Hall–Kier alpha value is -1.45. The van der Waals surface area contributed by atoms with Crippen LogP contribution in [0.3, 0.4) is 0 Å². The minimum absolute atomic E-state index is 0.236. The molecule has 16 heavy (non-hydrogen) atoms. The molecular formula is C6H8F3N5OS. The topological polar surface area (TPSA) is 100 Å². The predicted octanol–water partition coefficient (Wildman–Crippen LogP) is 0.822. The molecule has 1 atom stereocenters. The van der Waals surface area contributed by atoms with Gasteiger partial charge in [0.05, 0.1) is 0 Å². The standard InChI is InChI=1S/C6H8F3N5OS/c7-6(8,9)3(4(10)14-15)1-16-5-11-2-12-13-5/h2-3,15H,1H2,(H2,10,14)(H,11,12,13). The number of nitrogens with zero attached hydrogens (tertiary/aromatic N) is 3. The van der Waals surface area contributed by atoms with Gasteiger partial charge in [-0.05, 0) is 0 Å². The third-order valence-corrected chi connectivity index (χ3v) is 2.62. The number of halogens is 3. The molecule has 0 fully saturated rings. The van der Waals surface area contributed by atoms with Gasteiger partial charge in [-0.1, -0.05) is 16.9 Å². The summed E-state index contributed by atoms with van der Waals surface area (Å²) in [5.41, 5.74) is 4.96. The number of nitrogens with one attached hydrogen (secondary N) is 1. The molecule has 0 aromatic carbocycles. The van der Waals surface area contributed by atoms with Crippen LogP contribution in [0, 0.1) is 5.92 Å². The van der Waals surface area contributed by atoms with E-state index in [2.05, 4.69) is 20.3 Å². The molecule has 0 spiro atoms. The quantitative estimate of drug-likeness (QED) is 0.243. The number of amidine groups is 1. The second-order valence-electron chi connectivity index (χ2n) is 2.72. The van der Waals surface area contributed by atoms with Gasteiger partial charge < -0.3 is 10.9 Å².